The van der Waals surface area contributed by atoms with Crippen LogP contribution in [0.25, 0.3) is 11.1 Å². The molecule has 176 valence electrons. The van der Waals surface area contributed by atoms with E-state index in [0.717, 1.165) is 18.9 Å². The second-order valence-electron chi connectivity index (χ2n) is 9.28. The summed E-state index contributed by atoms with van der Waals surface area (Å²) in [7, 11) is 0. The van der Waals surface area contributed by atoms with Crippen LogP contribution in [0.4, 0.5) is 19.3 Å². The van der Waals surface area contributed by atoms with E-state index in [9.17, 15) is 18.4 Å². The van der Waals surface area contributed by atoms with Crippen molar-refractivity contribution in [3.8, 4) is 11.1 Å². The Morgan fingerprint density at radius 3 is 2.55 bits per heavy atom. The fourth-order valence-electron chi connectivity index (χ4n) is 4.58. The van der Waals surface area contributed by atoms with E-state index in [1.54, 1.807) is 13.8 Å². The molecular formula is C24H28F2N4O3. The predicted octanol–water partition coefficient (Wildman–Crippen LogP) is 3.93. The molecule has 2 fully saturated rings. The summed E-state index contributed by atoms with van der Waals surface area (Å²) in [6.45, 7) is 6.18. The van der Waals surface area contributed by atoms with Crippen molar-refractivity contribution in [3.05, 3.63) is 47.3 Å². The third-order valence-corrected chi connectivity index (χ3v) is 6.42. The maximum Gasteiger partial charge on any atom is 0.405 e. The summed E-state index contributed by atoms with van der Waals surface area (Å²) >= 11 is 0. The van der Waals surface area contributed by atoms with Crippen LogP contribution in [0.1, 0.15) is 49.2 Å². The molecule has 2 heterocycles. The number of amides is 2. The van der Waals surface area contributed by atoms with E-state index in [-0.39, 0.29) is 24.1 Å². The van der Waals surface area contributed by atoms with Crippen LogP contribution >= 0.6 is 0 Å². The number of carbonyl (C=O) groups is 2. The lowest BCUT2D eigenvalue weighted by Gasteiger charge is -2.28. The minimum absolute atomic E-state index is 0.00348. The number of nitrogens with one attached hydrogen (secondary N) is 1. The smallest absolute Gasteiger partial charge is 0.405 e. The van der Waals surface area contributed by atoms with Gasteiger partial charge in [0.25, 0.3) is 5.91 Å². The first-order chi connectivity index (χ1) is 15.6. The van der Waals surface area contributed by atoms with Crippen LogP contribution in [0.5, 0.6) is 0 Å². The Balaban J connectivity index is 1.82. The number of hydrogen-bond acceptors (Lipinski definition) is 5. The zero-order valence-corrected chi connectivity index (χ0v) is 19.0. The molecule has 9 heteroatoms. The number of aromatic nitrogens is 1. The number of nitrogens with two attached hydrogens (primary N) is 1. The molecule has 1 aromatic carbocycles. The minimum atomic E-state index is -0.881. The summed E-state index contributed by atoms with van der Waals surface area (Å²) in [4.78, 5) is 31.0. The number of anilines is 1. The number of halogens is 2. The van der Waals surface area contributed by atoms with Gasteiger partial charge in [-0.25, -0.2) is 13.6 Å². The molecule has 0 radical (unpaired) electrons. The average molecular weight is 459 g/mol. The number of benzene rings is 1. The first kappa shape index (κ1) is 22.9. The number of pyridine rings is 1. The molecule has 1 saturated heterocycles. The van der Waals surface area contributed by atoms with Crippen molar-refractivity contribution in [1.82, 2.24) is 10.3 Å². The highest BCUT2D eigenvalue weighted by molar-refractivity contribution is 6.04. The molecule has 1 aliphatic heterocycles. The first-order valence-corrected chi connectivity index (χ1v) is 11.1. The van der Waals surface area contributed by atoms with Crippen molar-refractivity contribution < 1.29 is 23.1 Å². The molecule has 33 heavy (non-hydrogen) atoms. The predicted molar refractivity (Wildman–Crippen MR) is 120 cm³/mol. The fraction of sp³-hybridized carbons (Fsp3) is 0.458. The van der Waals surface area contributed by atoms with Crippen LogP contribution in [-0.4, -0.2) is 41.7 Å². The summed E-state index contributed by atoms with van der Waals surface area (Å²) in [6, 6.07) is 3.25. The number of aryl methyl sites for hydroxylation is 1. The van der Waals surface area contributed by atoms with Gasteiger partial charge in [-0.2, -0.15) is 0 Å². The molecule has 1 saturated carbocycles. The summed E-state index contributed by atoms with van der Waals surface area (Å²) in [5.74, 6) is -1.31. The summed E-state index contributed by atoms with van der Waals surface area (Å²) in [6.07, 6.45) is 3.23. The molecule has 2 amide bonds. The summed E-state index contributed by atoms with van der Waals surface area (Å²) in [5.41, 5.74) is 6.46. The van der Waals surface area contributed by atoms with Crippen LogP contribution in [-0.2, 0) is 4.74 Å². The van der Waals surface area contributed by atoms with Crippen molar-refractivity contribution in [2.24, 2.45) is 11.7 Å². The van der Waals surface area contributed by atoms with Crippen LogP contribution < -0.4 is 16.0 Å². The van der Waals surface area contributed by atoms with Gasteiger partial charge in [-0.05, 0) is 57.2 Å². The highest BCUT2D eigenvalue weighted by atomic mass is 19.1. The zero-order valence-electron chi connectivity index (χ0n) is 19.0. The average Bonchev–Trinajstić information content (AvgIpc) is 3.49. The van der Waals surface area contributed by atoms with Crippen molar-refractivity contribution in [3.63, 3.8) is 0 Å². The van der Waals surface area contributed by atoms with E-state index in [1.165, 1.54) is 18.3 Å². The molecule has 7 nitrogen and oxygen atoms in total. The van der Waals surface area contributed by atoms with E-state index in [2.05, 4.69) is 10.3 Å². The third-order valence-electron chi connectivity index (χ3n) is 6.42. The van der Waals surface area contributed by atoms with Gasteiger partial charge in [-0.15, -0.1) is 0 Å². The van der Waals surface area contributed by atoms with E-state index in [4.69, 9.17) is 10.5 Å². The number of rotatable bonds is 6. The van der Waals surface area contributed by atoms with Gasteiger partial charge in [-0.1, -0.05) is 0 Å². The Morgan fingerprint density at radius 1 is 1.27 bits per heavy atom. The molecule has 1 unspecified atom stereocenters. The first-order valence-electron chi connectivity index (χ1n) is 11.1. The molecule has 2 aromatic rings. The lowest BCUT2D eigenvalue weighted by molar-refractivity contribution is 0.0480. The van der Waals surface area contributed by atoms with Gasteiger partial charge in [0.15, 0.2) is 0 Å². The lowest BCUT2D eigenvalue weighted by Crippen LogP contribution is -2.38. The Morgan fingerprint density at radius 2 is 1.94 bits per heavy atom. The molecule has 0 bridgehead atoms. The van der Waals surface area contributed by atoms with E-state index in [0.29, 0.717) is 41.4 Å². The summed E-state index contributed by atoms with van der Waals surface area (Å²) < 4.78 is 33.6. The zero-order chi connectivity index (χ0) is 23.9. The number of hydrogen-bond donors (Lipinski definition) is 2. The molecule has 1 aromatic heterocycles. The van der Waals surface area contributed by atoms with Crippen molar-refractivity contribution in [2.75, 3.05) is 18.0 Å². The van der Waals surface area contributed by atoms with Crippen molar-refractivity contribution in [1.29, 1.82) is 0 Å². The van der Waals surface area contributed by atoms with Gasteiger partial charge in [-0.3, -0.25) is 9.78 Å². The Hall–Kier alpha value is -3.23. The van der Waals surface area contributed by atoms with Crippen molar-refractivity contribution >= 4 is 17.7 Å². The molecule has 2 aliphatic rings. The van der Waals surface area contributed by atoms with Gasteiger partial charge in [0.2, 0.25) is 0 Å². The molecule has 4 rings (SSSR count). The fourth-order valence-corrected chi connectivity index (χ4v) is 4.58. The Labute approximate surface area is 191 Å². The molecule has 3 N–H and O–H groups in total. The largest absolute Gasteiger partial charge is 0.441 e. The quantitative estimate of drug-likeness (QED) is 0.684. The van der Waals surface area contributed by atoms with Gasteiger partial charge in [0.05, 0.1) is 17.8 Å². The lowest BCUT2D eigenvalue weighted by atomic mass is 9.97. The van der Waals surface area contributed by atoms with E-state index < -0.39 is 23.3 Å². The molecule has 2 atom stereocenters. The van der Waals surface area contributed by atoms with Gasteiger partial charge in [0.1, 0.15) is 17.2 Å². The second kappa shape index (κ2) is 8.61. The number of primary amides is 1. The number of carbonyl (C=O) groups excluding carboxylic acids is 2. The van der Waals surface area contributed by atoms with Crippen molar-refractivity contribution in [2.45, 2.75) is 51.7 Å². The van der Waals surface area contributed by atoms with Gasteiger partial charge < -0.3 is 20.7 Å². The monoisotopic (exact) mass is 458 g/mol. The molecule has 0 spiro atoms. The summed E-state index contributed by atoms with van der Waals surface area (Å²) in [5, 5.41) is 3.04. The second-order valence-corrected chi connectivity index (χ2v) is 9.28. The number of nitrogens with zero attached hydrogens (tertiary/aromatic N) is 2. The van der Waals surface area contributed by atoms with Crippen LogP contribution in [0, 0.1) is 24.5 Å². The van der Waals surface area contributed by atoms with Crippen LogP contribution in [0.3, 0.4) is 0 Å². The SMILES string of the molecule is Cc1ncc(C(=O)N[C@@H](C)C2CC2)c(N2CCC(C)(OC(N)=O)C2)c1-c1cc(F)cc(F)c1. The van der Waals surface area contributed by atoms with Crippen LogP contribution in [0.2, 0.25) is 0 Å². The minimum Gasteiger partial charge on any atom is -0.441 e. The van der Waals surface area contributed by atoms with E-state index in [1.807, 2.05) is 11.8 Å². The topological polar surface area (TPSA) is 97.6 Å². The van der Waals surface area contributed by atoms with Gasteiger partial charge in [0, 0.05) is 42.5 Å². The Bertz CT molecular complexity index is 1090. The molecule has 1 aliphatic carbocycles. The maximum atomic E-state index is 14.1. The third kappa shape index (κ3) is 4.91. The van der Waals surface area contributed by atoms with Crippen LogP contribution in [0.15, 0.2) is 24.4 Å². The number of ether oxygens (including phenoxy) is 1. The molecular weight excluding hydrogens is 430 g/mol. The van der Waals surface area contributed by atoms with Gasteiger partial charge >= 0.3 is 6.09 Å². The highest BCUT2D eigenvalue weighted by Gasteiger charge is 2.40. The Kier molecular flexibility index (Phi) is 5.99. The van der Waals surface area contributed by atoms with E-state index >= 15 is 0 Å². The normalized spacial score (nSPS) is 21.1. The standard InChI is InChI=1S/C24H28F2N4O3/c1-13(15-4-5-15)29-22(31)19-11-28-14(2)20(16-8-17(25)10-18(26)9-16)21(19)30-7-6-24(3,12-30)33-23(27)32/h8-11,13,15H,4-7,12H2,1-3H3,(H2,27,32)(H,29,31)/t13-,24?/m0/s1. The highest BCUT2D eigenvalue weighted by Crippen LogP contribution is 2.41. The maximum absolute atomic E-state index is 14.1.